The lowest BCUT2D eigenvalue weighted by Gasteiger charge is -2.25. The average Bonchev–Trinajstić information content (AvgIpc) is 2.72. The van der Waals surface area contributed by atoms with Gasteiger partial charge in [0.05, 0.1) is 0 Å². The number of amides is 1. The summed E-state index contributed by atoms with van der Waals surface area (Å²) in [5.74, 6) is 0.209. The maximum absolute atomic E-state index is 12.5. The molecule has 1 amide bonds. The smallest absolute Gasteiger partial charge is 0.244 e. The molecule has 2 rings (SSSR count). The fourth-order valence-corrected chi connectivity index (χ4v) is 3.00. The normalized spacial score (nSPS) is 17.4. The zero-order chi connectivity index (χ0) is 14.5. The molecular weight excluding hydrogens is 316 g/mol. The van der Waals surface area contributed by atoms with Crippen molar-refractivity contribution < 1.29 is 4.79 Å². The number of halogens is 1. The Labute approximate surface area is 129 Å². The van der Waals surface area contributed by atoms with Gasteiger partial charge in [0, 0.05) is 23.2 Å². The zero-order valence-corrected chi connectivity index (χ0v) is 13.9. The number of anilines is 1. The summed E-state index contributed by atoms with van der Waals surface area (Å²) in [4.78, 5) is 14.5. The van der Waals surface area contributed by atoms with E-state index in [4.69, 9.17) is 0 Å². The third-order valence-electron chi connectivity index (χ3n) is 3.85. The van der Waals surface area contributed by atoms with Gasteiger partial charge in [-0.3, -0.25) is 4.79 Å². The monoisotopic (exact) mass is 338 g/mol. The predicted molar refractivity (Wildman–Crippen MR) is 87.0 cm³/mol. The summed E-state index contributed by atoms with van der Waals surface area (Å²) in [7, 11) is 0. The van der Waals surface area contributed by atoms with Gasteiger partial charge in [-0.05, 0) is 54.2 Å². The second-order valence-corrected chi connectivity index (χ2v) is 6.33. The average molecular weight is 339 g/mol. The summed E-state index contributed by atoms with van der Waals surface area (Å²) >= 11 is 3.58. The standard InChI is InChI=1S/C16H23BrN2O/c1-12-8-7-9-14(15(12)17)18-13(2)16(20)19-10-5-3-4-6-11-19/h7-9,13,18H,3-6,10-11H2,1-2H3. The third-order valence-corrected chi connectivity index (χ3v) is 4.90. The number of nitrogens with zero attached hydrogens (tertiary/aromatic N) is 1. The first-order valence-electron chi connectivity index (χ1n) is 7.40. The molecule has 1 fully saturated rings. The first kappa shape index (κ1) is 15.4. The molecule has 20 heavy (non-hydrogen) atoms. The van der Waals surface area contributed by atoms with Gasteiger partial charge in [0.25, 0.3) is 0 Å². The third kappa shape index (κ3) is 3.75. The lowest BCUT2D eigenvalue weighted by molar-refractivity contribution is -0.131. The molecule has 3 nitrogen and oxygen atoms in total. The van der Waals surface area contributed by atoms with Crippen LogP contribution in [0.5, 0.6) is 0 Å². The quantitative estimate of drug-likeness (QED) is 0.904. The van der Waals surface area contributed by atoms with E-state index in [1.807, 2.05) is 24.0 Å². The van der Waals surface area contributed by atoms with Gasteiger partial charge >= 0.3 is 0 Å². The maximum Gasteiger partial charge on any atom is 0.244 e. The first-order chi connectivity index (χ1) is 9.59. The lowest BCUT2D eigenvalue weighted by atomic mass is 10.2. The number of nitrogens with one attached hydrogen (secondary N) is 1. The molecular formula is C16H23BrN2O. The minimum atomic E-state index is -0.189. The molecule has 1 unspecified atom stereocenters. The molecule has 0 bridgehead atoms. The Hall–Kier alpha value is -1.03. The van der Waals surface area contributed by atoms with E-state index in [0.717, 1.165) is 36.1 Å². The van der Waals surface area contributed by atoms with Gasteiger partial charge in [0.15, 0.2) is 0 Å². The number of carbonyl (C=O) groups is 1. The highest BCUT2D eigenvalue weighted by Gasteiger charge is 2.21. The van der Waals surface area contributed by atoms with Crippen LogP contribution in [0.25, 0.3) is 0 Å². The molecule has 1 aliphatic rings. The minimum absolute atomic E-state index is 0.189. The van der Waals surface area contributed by atoms with E-state index >= 15 is 0 Å². The fraction of sp³-hybridized carbons (Fsp3) is 0.562. The lowest BCUT2D eigenvalue weighted by Crippen LogP contribution is -2.41. The van der Waals surface area contributed by atoms with Gasteiger partial charge in [0.1, 0.15) is 6.04 Å². The maximum atomic E-state index is 12.5. The minimum Gasteiger partial charge on any atom is -0.373 e. The van der Waals surface area contributed by atoms with Gasteiger partial charge in [0.2, 0.25) is 5.91 Å². The summed E-state index contributed by atoms with van der Waals surface area (Å²) in [5, 5.41) is 3.33. The van der Waals surface area contributed by atoms with Gasteiger partial charge in [-0.25, -0.2) is 0 Å². The van der Waals surface area contributed by atoms with Crippen LogP contribution in [-0.2, 0) is 4.79 Å². The van der Waals surface area contributed by atoms with Crippen LogP contribution in [-0.4, -0.2) is 29.9 Å². The molecule has 1 atom stereocenters. The summed E-state index contributed by atoms with van der Waals surface area (Å²) in [6.45, 7) is 5.80. The molecule has 110 valence electrons. The number of hydrogen-bond donors (Lipinski definition) is 1. The van der Waals surface area contributed by atoms with Crippen molar-refractivity contribution in [2.24, 2.45) is 0 Å². The van der Waals surface area contributed by atoms with Crippen LogP contribution in [0.1, 0.15) is 38.2 Å². The van der Waals surface area contributed by atoms with Crippen LogP contribution in [0.4, 0.5) is 5.69 Å². The Morgan fingerprint density at radius 3 is 2.55 bits per heavy atom. The van der Waals surface area contributed by atoms with E-state index in [9.17, 15) is 4.79 Å². The Bertz CT molecular complexity index is 468. The SMILES string of the molecule is Cc1cccc(NC(C)C(=O)N2CCCCCC2)c1Br. The van der Waals surface area contributed by atoms with Crippen molar-refractivity contribution in [1.82, 2.24) is 4.90 Å². The predicted octanol–water partition coefficient (Wildman–Crippen LogP) is 3.96. The largest absolute Gasteiger partial charge is 0.373 e. The van der Waals surface area contributed by atoms with Gasteiger partial charge in [-0.2, -0.15) is 0 Å². The number of likely N-dealkylation sites (tertiary alicyclic amines) is 1. The molecule has 1 aliphatic heterocycles. The molecule has 0 saturated carbocycles. The molecule has 0 radical (unpaired) electrons. The van der Waals surface area contributed by atoms with E-state index in [1.165, 1.54) is 18.4 Å². The second kappa shape index (κ2) is 7.11. The Morgan fingerprint density at radius 1 is 1.25 bits per heavy atom. The van der Waals surface area contributed by atoms with E-state index in [-0.39, 0.29) is 11.9 Å². The molecule has 0 spiro atoms. The van der Waals surface area contributed by atoms with Gasteiger partial charge in [-0.1, -0.05) is 25.0 Å². The van der Waals surface area contributed by atoms with Gasteiger partial charge < -0.3 is 10.2 Å². The summed E-state index contributed by atoms with van der Waals surface area (Å²) < 4.78 is 1.04. The summed E-state index contributed by atoms with van der Waals surface area (Å²) in [6, 6.07) is 5.87. The van der Waals surface area contributed by atoms with Crippen molar-refractivity contribution in [2.75, 3.05) is 18.4 Å². The number of carbonyl (C=O) groups excluding carboxylic acids is 1. The van der Waals surface area contributed by atoms with Crippen LogP contribution in [0.2, 0.25) is 0 Å². The molecule has 4 heteroatoms. The van der Waals surface area contributed by atoms with Crippen LogP contribution in [0.15, 0.2) is 22.7 Å². The number of hydrogen-bond acceptors (Lipinski definition) is 2. The van der Waals surface area contributed by atoms with E-state index in [2.05, 4.69) is 34.2 Å². The highest BCUT2D eigenvalue weighted by atomic mass is 79.9. The first-order valence-corrected chi connectivity index (χ1v) is 8.19. The Morgan fingerprint density at radius 2 is 1.90 bits per heavy atom. The molecule has 1 aromatic carbocycles. The van der Waals surface area contributed by atoms with Crippen LogP contribution < -0.4 is 5.32 Å². The zero-order valence-electron chi connectivity index (χ0n) is 12.3. The summed E-state index contributed by atoms with van der Waals surface area (Å²) in [6.07, 6.45) is 4.75. The second-order valence-electron chi connectivity index (χ2n) is 5.54. The molecule has 0 aliphatic carbocycles. The van der Waals surface area contributed by atoms with Crippen molar-refractivity contribution in [3.8, 4) is 0 Å². The molecule has 1 aromatic rings. The van der Waals surface area contributed by atoms with E-state index in [0.29, 0.717) is 0 Å². The Kier molecular flexibility index (Phi) is 5.46. The molecule has 1 heterocycles. The van der Waals surface area contributed by atoms with Crippen molar-refractivity contribution in [1.29, 1.82) is 0 Å². The van der Waals surface area contributed by atoms with Crippen LogP contribution >= 0.6 is 15.9 Å². The highest BCUT2D eigenvalue weighted by Crippen LogP contribution is 2.26. The Balaban J connectivity index is 2.01. The molecule has 0 aromatic heterocycles. The van der Waals surface area contributed by atoms with Gasteiger partial charge in [-0.15, -0.1) is 0 Å². The van der Waals surface area contributed by atoms with Crippen molar-refractivity contribution in [3.05, 3.63) is 28.2 Å². The highest BCUT2D eigenvalue weighted by molar-refractivity contribution is 9.10. The number of benzene rings is 1. The molecule has 1 saturated heterocycles. The van der Waals surface area contributed by atoms with Crippen molar-refractivity contribution >= 4 is 27.5 Å². The molecule has 1 N–H and O–H groups in total. The van der Waals surface area contributed by atoms with E-state index < -0.39 is 0 Å². The summed E-state index contributed by atoms with van der Waals surface area (Å²) in [5.41, 5.74) is 2.16. The topological polar surface area (TPSA) is 32.3 Å². The van der Waals surface area contributed by atoms with Crippen molar-refractivity contribution in [2.45, 2.75) is 45.6 Å². The fourth-order valence-electron chi connectivity index (χ4n) is 2.62. The van der Waals surface area contributed by atoms with Crippen LogP contribution in [0, 0.1) is 6.92 Å². The van der Waals surface area contributed by atoms with Crippen molar-refractivity contribution in [3.63, 3.8) is 0 Å². The number of rotatable bonds is 3. The van der Waals surface area contributed by atoms with E-state index in [1.54, 1.807) is 0 Å². The number of aryl methyl sites for hydroxylation is 1. The van der Waals surface area contributed by atoms with Crippen LogP contribution in [0.3, 0.4) is 0 Å².